The fourth-order valence-electron chi connectivity index (χ4n) is 1.80. The second-order valence-corrected chi connectivity index (χ2v) is 7.61. The van der Waals surface area contributed by atoms with Crippen LogP contribution in [0.2, 0.25) is 0 Å². The quantitative estimate of drug-likeness (QED) is 0.466. The highest BCUT2D eigenvalue weighted by molar-refractivity contribution is 8.77. The van der Waals surface area contributed by atoms with Gasteiger partial charge in [0.2, 0.25) is 0 Å². The zero-order valence-corrected chi connectivity index (χ0v) is 13.6. The van der Waals surface area contributed by atoms with Crippen LogP contribution in [-0.4, -0.2) is 10.5 Å². The average molecular weight is 263 g/mol. The van der Waals surface area contributed by atoms with Crippen molar-refractivity contribution in [2.75, 3.05) is 0 Å². The molecule has 0 aromatic carbocycles. The Kier molecular flexibility index (Phi) is 10.1. The molecule has 0 aliphatic heterocycles. The molecule has 0 aliphatic carbocycles. The summed E-state index contributed by atoms with van der Waals surface area (Å²) in [6.45, 7) is 14.1. The van der Waals surface area contributed by atoms with Crippen LogP contribution in [0.15, 0.2) is 0 Å². The van der Waals surface area contributed by atoms with E-state index in [9.17, 15) is 0 Å². The normalized spacial score (nSPS) is 19.1. The highest BCUT2D eigenvalue weighted by atomic mass is 33.1. The number of hydrogen-bond donors (Lipinski definition) is 0. The van der Waals surface area contributed by atoms with Crippen LogP contribution in [0.5, 0.6) is 0 Å². The molecular formula is C14H30S2. The first-order valence-corrected chi connectivity index (χ1v) is 9.20. The van der Waals surface area contributed by atoms with Gasteiger partial charge >= 0.3 is 0 Å². The first-order chi connectivity index (χ1) is 7.60. The van der Waals surface area contributed by atoms with Crippen LogP contribution >= 0.6 is 21.6 Å². The summed E-state index contributed by atoms with van der Waals surface area (Å²) in [6.07, 6.45) is 5.24. The molecule has 0 N–H and O–H groups in total. The Hall–Kier alpha value is 0.700. The minimum absolute atomic E-state index is 0.841. The van der Waals surface area contributed by atoms with Crippen LogP contribution < -0.4 is 0 Å². The van der Waals surface area contributed by atoms with E-state index in [4.69, 9.17) is 0 Å². The molecule has 0 fully saturated rings. The van der Waals surface area contributed by atoms with Gasteiger partial charge in [0.05, 0.1) is 0 Å². The SMILES string of the molecule is CCC(C)C(CC)SSC(CC)C(C)CC. The van der Waals surface area contributed by atoms with Crippen LogP contribution in [0.4, 0.5) is 0 Å². The predicted octanol–water partition coefficient (Wildman–Crippen LogP) is 6.02. The van der Waals surface area contributed by atoms with Crippen molar-refractivity contribution in [2.45, 2.75) is 77.7 Å². The molecule has 0 saturated carbocycles. The molecule has 0 radical (unpaired) electrons. The van der Waals surface area contributed by atoms with Crippen molar-refractivity contribution in [3.8, 4) is 0 Å². The molecule has 2 heteroatoms. The van der Waals surface area contributed by atoms with E-state index < -0.39 is 0 Å². The Bertz CT molecular complexity index is 141. The van der Waals surface area contributed by atoms with Gasteiger partial charge in [-0.1, -0.05) is 76.0 Å². The topological polar surface area (TPSA) is 0 Å². The van der Waals surface area contributed by atoms with E-state index in [1.165, 1.54) is 25.7 Å². The molecule has 0 spiro atoms. The largest absolute Gasteiger partial charge is 0.0902 e. The second kappa shape index (κ2) is 9.70. The van der Waals surface area contributed by atoms with E-state index in [1.807, 2.05) is 0 Å². The third-order valence-electron chi connectivity index (χ3n) is 3.66. The Morgan fingerprint density at radius 1 is 0.625 bits per heavy atom. The highest BCUT2D eigenvalue weighted by Gasteiger charge is 2.20. The monoisotopic (exact) mass is 262 g/mol. The predicted molar refractivity (Wildman–Crippen MR) is 82.3 cm³/mol. The summed E-state index contributed by atoms with van der Waals surface area (Å²) in [5, 5.41) is 1.68. The third-order valence-corrected chi connectivity index (χ3v) is 7.68. The summed E-state index contributed by atoms with van der Waals surface area (Å²) in [5.74, 6) is 1.72. The third kappa shape index (κ3) is 5.86. The van der Waals surface area contributed by atoms with Crippen molar-refractivity contribution in [3.05, 3.63) is 0 Å². The molecule has 0 amide bonds. The van der Waals surface area contributed by atoms with Gasteiger partial charge in [0, 0.05) is 10.5 Å². The Morgan fingerprint density at radius 2 is 0.938 bits per heavy atom. The van der Waals surface area contributed by atoms with E-state index in [2.05, 4.69) is 63.1 Å². The van der Waals surface area contributed by atoms with E-state index in [0.29, 0.717) is 0 Å². The molecule has 4 atom stereocenters. The molecule has 0 aromatic rings. The van der Waals surface area contributed by atoms with Gasteiger partial charge in [0.15, 0.2) is 0 Å². The lowest BCUT2D eigenvalue weighted by molar-refractivity contribution is 0.522. The fraction of sp³-hybridized carbons (Fsp3) is 1.00. The maximum Gasteiger partial charge on any atom is 0.0174 e. The van der Waals surface area contributed by atoms with Gasteiger partial charge in [0.1, 0.15) is 0 Å². The van der Waals surface area contributed by atoms with Crippen LogP contribution in [0.3, 0.4) is 0 Å². The van der Waals surface area contributed by atoms with E-state index >= 15 is 0 Å². The molecule has 0 aromatic heterocycles. The first-order valence-electron chi connectivity index (χ1n) is 6.92. The second-order valence-electron chi connectivity index (χ2n) is 4.86. The van der Waals surface area contributed by atoms with E-state index in [1.54, 1.807) is 0 Å². The van der Waals surface area contributed by atoms with Gasteiger partial charge in [-0.05, 0) is 24.7 Å². The molecule has 0 saturated heterocycles. The van der Waals surface area contributed by atoms with Crippen molar-refractivity contribution in [3.63, 3.8) is 0 Å². The fourth-order valence-corrected chi connectivity index (χ4v) is 5.93. The molecule has 0 nitrogen and oxygen atoms in total. The molecule has 0 heterocycles. The van der Waals surface area contributed by atoms with Gasteiger partial charge < -0.3 is 0 Å². The molecule has 98 valence electrons. The molecular weight excluding hydrogens is 232 g/mol. The van der Waals surface area contributed by atoms with Gasteiger partial charge in [0.25, 0.3) is 0 Å². The summed E-state index contributed by atoms with van der Waals surface area (Å²) in [7, 11) is 4.29. The standard InChI is InChI=1S/C14H30S2/c1-7-11(5)13(9-3)15-16-14(10-4)12(6)8-2/h11-14H,7-10H2,1-6H3. The van der Waals surface area contributed by atoms with Crippen molar-refractivity contribution >= 4 is 21.6 Å². The minimum Gasteiger partial charge on any atom is -0.0902 e. The highest BCUT2D eigenvalue weighted by Crippen LogP contribution is 2.41. The Morgan fingerprint density at radius 3 is 1.12 bits per heavy atom. The van der Waals surface area contributed by atoms with Crippen LogP contribution in [0.25, 0.3) is 0 Å². The molecule has 4 unspecified atom stereocenters. The lowest BCUT2D eigenvalue weighted by Crippen LogP contribution is -2.15. The van der Waals surface area contributed by atoms with Crippen molar-refractivity contribution in [1.82, 2.24) is 0 Å². The van der Waals surface area contributed by atoms with Crippen LogP contribution in [-0.2, 0) is 0 Å². The average Bonchev–Trinajstić information content (AvgIpc) is 2.33. The smallest absolute Gasteiger partial charge is 0.0174 e. The van der Waals surface area contributed by atoms with Crippen LogP contribution in [0, 0.1) is 11.8 Å². The Balaban J connectivity index is 4.07. The minimum atomic E-state index is 0.841. The zero-order chi connectivity index (χ0) is 12.6. The van der Waals surface area contributed by atoms with Crippen molar-refractivity contribution in [1.29, 1.82) is 0 Å². The lowest BCUT2D eigenvalue weighted by atomic mass is 10.0. The van der Waals surface area contributed by atoms with Crippen molar-refractivity contribution < 1.29 is 0 Å². The first kappa shape index (κ1) is 16.7. The van der Waals surface area contributed by atoms with E-state index in [-0.39, 0.29) is 0 Å². The molecule has 0 aliphatic rings. The van der Waals surface area contributed by atoms with Gasteiger partial charge in [-0.15, -0.1) is 0 Å². The molecule has 0 rings (SSSR count). The van der Waals surface area contributed by atoms with Gasteiger partial charge in [-0.3, -0.25) is 0 Å². The van der Waals surface area contributed by atoms with Crippen LogP contribution in [0.1, 0.15) is 67.2 Å². The number of rotatable bonds is 9. The molecule has 16 heavy (non-hydrogen) atoms. The summed E-state index contributed by atoms with van der Waals surface area (Å²) < 4.78 is 0. The van der Waals surface area contributed by atoms with Crippen molar-refractivity contribution in [2.24, 2.45) is 11.8 Å². The summed E-state index contributed by atoms with van der Waals surface area (Å²) in [4.78, 5) is 0. The molecule has 0 bridgehead atoms. The Labute approximate surface area is 111 Å². The van der Waals surface area contributed by atoms with E-state index in [0.717, 1.165) is 22.3 Å². The number of hydrogen-bond acceptors (Lipinski definition) is 2. The lowest BCUT2D eigenvalue weighted by Gasteiger charge is -2.25. The maximum absolute atomic E-state index is 2.39. The summed E-state index contributed by atoms with van der Waals surface area (Å²) in [6, 6.07) is 0. The summed E-state index contributed by atoms with van der Waals surface area (Å²) >= 11 is 0. The van der Waals surface area contributed by atoms with Gasteiger partial charge in [-0.25, -0.2) is 0 Å². The maximum atomic E-state index is 2.39. The van der Waals surface area contributed by atoms with Gasteiger partial charge in [-0.2, -0.15) is 0 Å². The zero-order valence-electron chi connectivity index (χ0n) is 12.0. The summed E-state index contributed by atoms with van der Waals surface area (Å²) in [5.41, 5.74) is 0.